The molecule has 120 valence electrons. The van der Waals surface area contributed by atoms with E-state index in [0.717, 1.165) is 6.29 Å². The summed E-state index contributed by atoms with van der Waals surface area (Å²) < 4.78 is 11.2. The van der Waals surface area contributed by atoms with Crippen molar-refractivity contribution >= 4 is 17.9 Å². The van der Waals surface area contributed by atoms with Crippen LogP contribution in [0.15, 0.2) is 12.1 Å². The van der Waals surface area contributed by atoms with Crippen molar-refractivity contribution in [3.63, 3.8) is 0 Å². The fourth-order valence-corrected chi connectivity index (χ4v) is 2.39. The number of rotatable bonds is 5. The van der Waals surface area contributed by atoms with E-state index in [9.17, 15) is 9.59 Å². The number of carbonyl (C=O) groups excluding carboxylic acids is 2. The van der Waals surface area contributed by atoms with Crippen molar-refractivity contribution in [2.24, 2.45) is 0 Å². The number of nitrogens with zero attached hydrogens (tertiary/aromatic N) is 2. The Morgan fingerprint density at radius 2 is 2.05 bits per heavy atom. The van der Waals surface area contributed by atoms with E-state index >= 15 is 0 Å². The van der Waals surface area contributed by atoms with Crippen LogP contribution in [-0.4, -0.2) is 57.0 Å². The van der Waals surface area contributed by atoms with Crippen molar-refractivity contribution < 1.29 is 19.1 Å². The zero-order valence-corrected chi connectivity index (χ0v) is 13.7. The van der Waals surface area contributed by atoms with E-state index in [-0.39, 0.29) is 5.91 Å². The first-order valence-electron chi connectivity index (χ1n) is 7.13. The molecule has 0 radical (unpaired) electrons. The van der Waals surface area contributed by atoms with Crippen molar-refractivity contribution in [3.05, 3.63) is 17.7 Å². The summed E-state index contributed by atoms with van der Waals surface area (Å²) in [7, 11) is 5.40. The molecular weight excluding hydrogens is 284 g/mol. The SMILES string of the molecule is COc1cc(C=O)cc2c1OC(C)(C)C(=O)N2CCN(C)C. The summed E-state index contributed by atoms with van der Waals surface area (Å²) in [6.07, 6.45) is 0.733. The molecule has 1 heterocycles. The van der Waals surface area contributed by atoms with E-state index in [1.165, 1.54) is 7.11 Å². The molecule has 0 aliphatic carbocycles. The van der Waals surface area contributed by atoms with Crippen LogP contribution in [-0.2, 0) is 4.79 Å². The molecule has 0 bridgehead atoms. The summed E-state index contributed by atoms with van der Waals surface area (Å²) in [6, 6.07) is 3.27. The molecule has 1 aromatic carbocycles. The standard InChI is InChI=1S/C16H22N2O4/c1-16(2)15(20)18(7-6-17(3)4)12-8-11(10-19)9-13(21-5)14(12)22-16/h8-10H,6-7H2,1-5H3. The Balaban J connectivity index is 2.55. The lowest BCUT2D eigenvalue weighted by atomic mass is 10.0. The Kier molecular flexibility index (Phi) is 4.42. The number of hydrogen-bond donors (Lipinski definition) is 0. The van der Waals surface area contributed by atoms with Crippen LogP contribution in [0.3, 0.4) is 0 Å². The van der Waals surface area contributed by atoms with Crippen LogP contribution < -0.4 is 14.4 Å². The van der Waals surface area contributed by atoms with Gasteiger partial charge >= 0.3 is 0 Å². The molecule has 0 N–H and O–H groups in total. The molecule has 22 heavy (non-hydrogen) atoms. The maximum Gasteiger partial charge on any atom is 0.270 e. The minimum Gasteiger partial charge on any atom is -0.493 e. The van der Waals surface area contributed by atoms with Crippen molar-refractivity contribution in [1.82, 2.24) is 4.90 Å². The van der Waals surface area contributed by atoms with Crippen LogP contribution >= 0.6 is 0 Å². The van der Waals surface area contributed by atoms with Crippen molar-refractivity contribution in [1.29, 1.82) is 0 Å². The van der Waals surface area contributed by atoms with Gasteiger partial charge in [-0.05, 0) is 40.1 Å². The predicted octanol–water partition coefficient (Wildman–Crippen LogP) is 1.57. The van der Waals surface area contributed by atoms with E-state index < -0.39 is 5.60 Å². The summed E-state index contributed by atoms with van der Waals surface area (Å²) in [5.41, 5.74) is 0.0455. The van der Waals surface area contributed by atoms with Gasteiger partial charge in [0.2, 0.25) is 0 Å². The summed E-state index contributed by atoms with van der Waals surface area (Å²) in [4.78, 5) is 27.5. The molecule has 1 aliphatic heterocycles. The van der Waals surface area contributed by atoms with Gasteiger partial charge in [-0.25, -0.2) is 0 Å². The highest BCUT2D eigenvalue weighted by Crippen LogP contribution is 2.44. The number of amides is 1. The van der Waals surface area contributed by atoms with Crippen molar-refractivity contribution in [3.8, 4) is 11.5 Å². The Morgan fingerprint density at radius 1 is 1.36 bits per heavy atom. The first kappa shape index (κ1) is 16.3. The topological polar surface area (TPSA) is 59.1 Å². The fraction of sp³-hybridized carbons (Fsp3) is 0.500. The van der Waals surface area contributed by atoms with Gasteiger partial charge in [-0.1, -0.05) is 0 Å². The molecule has 0 spiro atoms. The first-order chi connectivity index (χ1) is 10.3. The number of ether oxygens (including phenoxy) is 2. The predicted molar refractivity (Wildman–Crippen MR) is 84.0 cm³/mol. The minimum atomic E-state index is -0.977. The highest BCUT2D eigenvalue weighted by atomic mass is 16.5. The van der Waals surface area contributed by atoms with E-state index in [2.05, 4.69) is 0 Å². The van der Waals surface area contributed by atoms with Gasteiger partial charge in [-0.15, -0.1) is 0 Å². The highest BCUT2D eigenvalue weighted by molar-refractivity contribution is 6.03. The van der Waals surface area contributed by atoms with Crippen LogP contribution in [0.4, 0.5) is 5.69 Å². The maximum atomic E-state index is 12.7. The second kappa shape index (κ2) is 5.96. The molecule has 0 fully saturated rings. The Labute approximate surface area is 130 Å². The highest BCUT2D eigenvalue weighted by Gasteiger charge is 2.42. The summed E-state index contributed by atoms with van der Waals surface area (Å²) in [6.45, 7) is 4.67. The van der Waals surface area contributed by atoms with Crippen molar-refractivity contribution in [2.75, 3.05) is 39.2 Å². The number of aldehydes is 1. The normalized spacial score (nSPS) is 16.3. The van der Waals surface area contributed by atoms with E-state index in [4.69, 9.17) is 9.47 Å². The lowest BCUT2D eigenvalue weighted by molar-refractivity contribution is -0.132. The van der Waals surface area contributed by atoms with Gasteiger partial charge < -0.3 is 19.3 Å². The molecule has 1 aromatic rings. The minimum absolute atomic E-state index is 0.132. The van der Waals surface area contributed by atoms with Gasteiger partial charge in [0.25, 0.3) is 5.91 Å². The van der Waals surface area contributed by atoms with Crippen LogP contribution in [0.1, 0.15) is 24.2 Å². The molecule has 0 saturated heterocycles. The number of likely N-dealkylation sites (N-methyl/N-ethyl adjacent to an activating group) is 1. The number of methoxy groups -OCH3 is 1. The Morgan fingerprint density at radius 3 is 2.59 bits per heavy atom. The maximum absolute atomic E-state index is 12.7. The van der Waals surface area contributed by atoms with E-state index in [0.29, 0.717) is 35.8 Å². The monoisotopic (exact) mass is 306 g/mol. The number of fused-ring (bicyclic) bond motifs is 1. The Bertz CT molecular complexity index is 596. The van der Waals surface area contributed by atoms with E-state index in [1.807, 2.05) is 19.0 Å². The van der Waals surface area contributed by atoms with Crippen LogP contribution in [0.5, 0.6) is 11.5 Å². The number of hydrogen-bond acceptors (Lipinski definition) is 5. The summed E-state index contributed by atoms with van der Waals surface area (Å²) >= 11 is 0. The smallest absolute Gasteiger partial charge is 0.270 e. The Hall–Kier alpha value is -2.08. The molecule has 0 saturated carbocycles. The van der Waals surface area contributed by atoms with Crippen molar-refractivity contribution in [2.45, 2.75) is 19.4 Å². The molecule has 6 heteroatoms. The fourth-order valence-electron chi connectivity index (χ4n) is 2.39. The van der Waals surface area contributed by atoms with Crippen LogP contribution in [0.25, 0.3) is 0 Å². The van der Waals surface area contributed by atoms with Crippen LogP contribution in [0, 0.1) is 0 Å². The van der Waals surface area contributed by atoms with Gasteiger partial charge in [-0.2, -0.15) is 0 Å². The lowest BCUT2D eigenvalue weighted by Gasteiger charge is -2.39. The third-order valence-electron chi connectivity index (χ3n) is 3.59. The largest absolute Gasteiger partial charge is 0.493 e. The second-order valence-corrected chi connectivity index (χ2v) is 6.06. The van der Waals surface area contributed by atoms with E-state index in [1.54, 1.807) is 30.9 Å². The zero-order valence-electron chi connectivity index (χ0n) is 13.7. The molecule has 1 aliphatic rings. The quantitative estimate of drug-likeness (QED) is 0.773. The zero-order chi connectivity index (χ0) is 16.5. The lowest BCUT2D eigenvalue weighted by Crippen LogP contribution is -2.54. The number of carbonyl (C=O) groups is 2. The third kappa shape index (κ3) is 2.92. The number of anilines is 1. The third-order valence-corrected chi connectivity index (χ3v) is 3.59. The summed E-state index contributed by atoms with van der Waals surface area (Å²) in [5.74, 6) is 0.818. The average Bonchev–Trinajstić information content (AvgIpc) is 2.46. The molecule has 1 amide bonds. The molecule has 2 rings (SSSR count). The number of benzene rings is 1. The average molecular weight is 306 g/mol. The van der Waals surface area contributed by atoms with Gasteiger partial charge in [0, 0.05) is 18.7 Å². The second-order valence-electron chi connectivity index (χ2n) is 6.06. The molecule has 0 unspecified atom stereocenters. The van der Waals surface area contributed by atoms with Gasteiger partial charge in [0.1, 0.15) is 6.29 Å². The molecule has 0 aromatic heterocycles. The van der Waals surface area contributed by atoms with Gasteiger partial charge in [0.05, 0.1) is 12.8 Å². The van der Waals surface area contributed by atoms with Gasteiger partial charge in [-0.3, -0.25) is 9.59 Å². The first-order valence-corrected chi connectivity index (χ1v) is 7.13. The molecule has 6 nitrogen and oxygen atoms in total. The van der Waals surface area contributed by atoms with Gasteiger partial charge in [0.15, 0.2) is 17.1 Å². The molecular formula is C16H22N2O4. The summed E-state index contributed by atoms with van der Waals surface area (Å²) in [5, 5.41) is 0. The molecule has 0 atom stereocenters. The van der Waals surface area contributed by atoms with Crippen LogP contribution in [0.2, 0.25) is 0 Å².